The van der Waals surface area contributed by atoms with E-state index in [2.05, 4.69) is 28.1 Å². The quantitative estimate of drug-likeness (QED) is 0.217. The van der Waals surface area contributed by atoms with E-state index in [4.69, 9.17) is 4.74 Å². The van der Waals surface area contributed by atoms with Crippen molar-refractivity contribution >= 4 is 5.97 Å². The van der Waals surface area contributed by atoms with E-state index in [1.54, 1.807) is 0 Å². The SMILES string of the molecule is CCCCCCCCCCCCCCC(=O)OCC[N+](C)(C)C. The Morgan fingerprint density at radius 2 is 1.17 bits per heavy atom. The summed E-state index contributed by atoms with van der Waals surface area (Å²) in [4.78, 5) is 11.6. The van der Waals surface area contributed by atoms with Crippen molar-refractivity contribution in [2.75, 3.05) is 34.3 Å². The Labute approximate surface area is 145 Å². The van der Waals surface area contributed by atoms with E-state index >= 15 is 0 Å². The Hall–Kier alpha value is -0.570. The van der Waals surface area contributed by atoms with E-state index in [-0.39, 0.29) is 5.97 Å². The van der Waals surface area contributed by atoms with Crippen molar-refractivity contribution in [1.82, 2.24) is 0 Å². The molecule has 0 fully saturated rings. The molecule has 0 aliphatic rings. The fourth-order valence-corrected chi connectivity index (χ4v) is 2.62. The van der Waals surface area contributed by atoms with Gasteiger partial charge in [-0.05, 0) is 6.42 Å². The monoisotopic (exact) mass is 328 g/mol. The number of carbonyl (C=O) groups excluding carboxylic acids is 1. The first-order chi connectivity index (χ1) is 11.0. The molecule has 0 aromatic heterocycles. The summed E-state index contributed by atoms with van der Waals surface area (Å²) >= 11 is 0. The number of carbonyl (C=O) groups is 1. The van der Waals surface area contributed by atoms with Crippen molar-refractivity contribution in [2.24, 2.45) is 0 Å². The molecule has 0 rings (SSSR count). The predicted octanol–water partition coefficient (Wildman–Crippen LogP) is 5.33. The second-order valence-corrected chi connectivity index (χ2v) is 7.87. The van der Waals surface area contributed by atoms with Gasteiger partial charge >= 0.3 is 5.97 Å². The molecule has 0 saturated heterocycles. The average Bonchev–Trinajstić information content (AvgIpc) is 2.47. The van der Waals surface area contributed by atoms with E-state index in [1.165, 1.54) is 70.6 Å². The van der Waals surface area contributed by atoms with Gasteiger partial charge in [0.05, 0.1) is 21.1 Å². The molecule has 0 heterocycles. The number of ether oxygens (including phenoxy) is 1. The molecule has 23 heavy (non-hydrogen) atoms. The Balaban J connectivity index is 3.19. The average molecular weight is 329 g/mol. The molecule has 0 radical (unpaired) electrons. The smallest absolute Gasteiger partial charge is 0.305 e. The Morgan fingerprint density at radius 3 is 1.61 bits per heavy atom. The van der Waals surface area contributed by atoms with E-state index in [9.17, 15) is 4.79 Å². The van der Waals surface area contributed by atoms with E-state index in [0.717, 1.165) is 17.4 Å². The van der Waals surface area contributed by atoms with Gasteiger partial charge in [0.25, 0.3) is 0 Å². The third-order valence-corrected chi connectivity index (χ3v) is 4.26. The molecule has 0 unspecified atom stereocenters. The van der Waals surface area contributed by atoms with Crippen LogP contribution in [-0.4, -0.2) is 44.7 Å². The second kappa shape index (κ2) is 15.0. The van der Waals surface area contributed by atoms with Crippen molar-refractivity contribution in [3.8, 4) is 0 Å². The van der Waals surface area contributed by atoms with Crippen molar-refractivity contribution in [3.05, 3.63) is 0 Å². The lowest BCUT2D eigenvalue weighted by molar-refractivity contribution is -0.870. The summed E-state index contributed by atoms with van der Waals surface area (Å²) < 4.78 is 6.10. The van der Waals surface area contributed by atoms with Gasteiger partial charge in [-0.25, -0.2) is 0 Å². The zero-order valence-corrected chi connectivity index (χ0v) is 16.4. The molecule has 0 aliphatic heterocycles. The van der Waals surface area contributed by atoms with Crippen LogP contribution in [0.25, 0.3) is 0 Å². The van der Waals surface area contributed by atoms with Crippen LogP contribution in [0.15, 0.2) is 0 Å². The molecule has 0 bridgehead atoms. The van der Waals surface area contributed by atoms with Gasteiger partial charge in [0.15, 0.2) is 0 Å². The normalized spacial score (nSPS) is 11.7. The van der Waals surface area contributed by atoms with Gasteiger partial charge in [-0.3, -0.25) is 4.79 Å². The van der Waals surface area contributed by atoms with Gasteiger partial charge in [-0.1, -0.05) is 77.6 Å². The summed E-state index contributed by atoms with van der Waals surface area (Å²) in [5.41, 5.74) is 0. The summed E-state index contributed by atoms with van der Waals surface area (Å²) in [5, 5.41) is 0. The highest BCUT2D eigenvalue weighted by molar-refractivity contribution is 5.69. The minimum atomic E-state index is -0.0227. The van der Waals surface area contributed by atoms with Crippen LogP contribution in [0.4, 0.5) is 0 Å². The van der Waals surface area contributed by atoms with Crippen molar-refractivity contribution in [3.63, 3.8) is 0 Å². The first-order valence-corrected chi connectivity index (χ1v) is 9.92. The van der Waals surface area contributed by atoms with Gasteiger partial charge in [0, 0.05) is 6.42 Å². The number of likely N-dealkylation sites (N-methyl/N-ethyl adjacent to an activating group) is 1. The summed E-state index contributed by atoms with van der Waals surface area (Å²) in [6.07, 6.45) is 16.5. The molecule has 138 valence electrons. The van der Waals surface area contributed by atoms with Crippen LogP contribution in [0.3, 0.4) is 0 Å². The van der Waals surface area contributed by atoms with Gasteiger partial charge in [0.2, 0.25) is 0 Å². The van der Waals surface area contributed by atoms with Crippen LogP contribution in [-0.2, 0) is 9.53 Å². The third-order valence-electron chi connectivity index (χ3n) is 4.26. The summed E-state index contributed by atoms with van der Waals surface area (Å²) in [6, 6.07) is 0. The number of quaternary nitrogens is 1. The maximum absolute atomic E-state index is 11.6. The van der Waals surface area contributed by atoms with E-state index in [1.807, 2.05) is 0 Å². The highest BCUT2D eigenvalue weighted by atomic mass is 16.5. The highest BCUT2D eigenvalue weighted by Gasteiger charge is 2.09. The lowest BCUT2D eigenvalue weighted by atomic mass is 10.0. The van der Waals surface area contributed by atoms with Crippen LogP contribution >= 0.6 is 0 Å². The minimum absolute atomic E-state index is 0.0227. The number of hydrogen-bond acceptors (Lipinski definition) is 2. The van der Waals surface area contributed by atoms with Crippen molar-refractivity contribution in [2.45, 2.75) is 90.4 Å². The van der Waals surface area contributed by atoms with Gasteiger partial charge in [-0.15, -0.1) is 0 Å². The fourth-order valence-electron chi connectivity index (χ4n) is 2.62. The first-order valence-electron chi connectivity index (χ1n) is 9.92. The Bertz CT molecular complexity index is 271. The maximum Gasteiger partial charge on any atom is 0.305 e. The number of esters is 1. The number of unbranched alkanes of at least 4 members (excludes halogenated alkanes) is 11. The highest BCUT2D eigenvalue weighted by Crippen LogP contribution is 2.12. The zero-order chi connectivity index (χ0) is 17.4. The molecule has 0 aromatic carbocycles. The molecular weight excluding hydrogens is 286 g/mol. The Kier molecular flexibility index (Phi) is 14.6. The molecule has 3 nitrogen and oxygen atoms in total. The third kappa shape index (κ3) is 19.4. The summed E-state index contributed by atoms with van der Waals surface area (Å²) in [5.74, 6) is -0.0227. The van der Waals surface area contributed by atoms with Crippen LogP contribution in [0, 0.1) is 0 Å². The van der Waals surface area contributed by atoms with E-state index < -0.39 is 0 Å². The summed E-state index contributed by atoms with van der Waals surface area (Å²) in [6.45, 7) is 3.69. The molecule has 0 atom stereocenters. The Morgan fingerprint density at radius 1 is 0.739 bits per heavy atom. The molecular formula is C20H42NO2+. The largest absolute Gasteiger partial charge is 0.460 e. The minimum Gasteiger partial charge on any atom is -0.460 e. The molecule has 0 aliphatic carbocycles. The topological polar surface area (TPSA) is 26.3 Å². The molecule has 0 N–H and O–H groups in total. The molecule has 3 heteroatoms. The van der Waals surface area contributed by atoms with Gasteiger partial charge in [-0.2, -0.15) is 0 Å². The van der Waals surface area contributed by atoms with Crippen molar-refractivity contribution in [1.29, 1.82) is 0 Å². The standard InChI is InChI=1S/C20H42NO2/c1-5-6-7-8-9-10-11-12-13-14-15-16-17-20(22)23-19-18-21(2,3)4/h5-19H2,1-4H3/q+1. The van der Waals surface area contributed by atoms with Gasteiger partial charge < -0.3 is 9.22 Å². The van der Waals surface area contributed by atoms with Crippen molar-refractivity contribution < 1.29 is 14.0 Å². The van der Waals surface area contributed by atoms with Crippen LogP contribution in [0.2, 0.25) is 0 Å². The molecule has 0 amide bonds. The predicted molar refractivity (Wildman–Crippen MR) is 99.6 cm³/mol. The molecule has 0 spiro atoms. The molecule has 0 saturated carbocycles. The zero-order valence-electron chi connectivity index (χ0n) is 16.4. The maximum atomic E-state index is 11.6. The number of rotatable bonds is 16. The lowest BCUT2D eigenvalue weighted by Gasteiger charge is -2.23. The molecule has 0 aromatic rings. The van der Waals surface area contributed by atoms with Crippen LogP contribution in [0.1, 0.15) is 90.4 Å². The first kappa shape index (κ1) is 22.4. The van der Waals surface area contributed by atoms with Gasteiger partial charge in [0.1, 0.15) is 13.2 Å². The van der Waals surface area contributed by atoms with Crippen LogP contribution in [0.5, 0.6) is 0 Å². The lowest BCUT2D eigenvalue weighted by Crippen LogP contribution is -2.37. The second-order valence-electron chi connectivity index (χ2n) is 7.87. The van der Waals surface area contributed by atoms with Crippen LogP contribution < -0.4 is 0 Å². The summed E-state index contributed by atoms with van der Waals surface area (Å²) in [7, 11) is 6.33. The van der Waals surface area contributed by atoms with E-state index in [0.29, 0.717) is 13.0 Å². The number of hydrogen-bond donors (Lipinski definition) is 0. The number of nitrogens with zero attached hydrogens (tertiary/aromatic N) is 1. The fraction of sp³-hybridized carbons (Fsp3) is 0.950.